The molecular weight excluding hydrogens is 272 g/mol. The lowest BCUT2D eigenvalue weighted by molar-refractivity contribution is -0.149. The quantitative estimate of drug-likeness (QED) is 0.756. The van der Waals surface area contributed by atoms with Crippen LogP contribution in [0.4, 0.5) is 5.69 Å². The Hall–Kier alpha value is -2.05. The Morgan fingerprint density at radius 3 is 2.43 bits per heavy atom. The van der Waals surface area contributed by atoms with Gasteiger partial charge in [0.1, 0.15) is 6.54 Å². The molecule has 1 heterocycles. The van der Waals surface area contributed by atoms with Crippen LogP contribution in [-0.4, -0.2) is 34.3 Å². The van der Waals surface area contributed by atoms with Gasteiger partial charge in [-0.15, -0.1) is 0 Å². The third-order valence-corrected chi connectivity index (χ3v) is 3.47. The number of nitrogen functional groups attached to an aromatic ring is 1. The molecule has 1 aromatic rings. The van der Waals surface area contributed by atoms with Crippen LogP contribution in [0.25, 0.3) is 0 Å². The number of nitrogens with two attached hydrogens (primary N) is 1. The van der Waals surface area contributed by atoms with Gasteiger partial charge in [0.15, 0.2) is 6.61 Å². The largest absolute Gasteiger partial charge is 0.454 e. The minimum Gasteiger partial charge on any atom is -0.454 e. The lowest BCUT2D eigenvalue weighted by Crippen LogP contribution is -2.39. The van der Waals surface area contributed by atoms with Gasteiger partial charge in [0.05, 0.1) is 17.1 Å². The number of hydrogen-bond acceptors (Lipinski definition) is 5. The molecule has 0 aromatic carbocycles. The summed E-state index contributed by atoms with van der Waals surface area (Å²) in [6, 6.07) is 0.0343. The van der Waals surface area contributed by atoms with Gasteiger partial charge in [0.25, 0.3) is 5.91 Å². The summed E-state index contributed by atoms with van der Waals surface area (Å²) in [6.07, 6.45) is 0. The van der Waals surface area contributed by atoms with Crippen molar-refractivity contribution in [2.75, 3.05) is 12.3 Å². The molecule has 3 N–H and O–H groups in total. The molecule has 0 aliphatic rings. The minimum absolute atomic E-state index is 0.0343. The van der Waals surface area contributed by atoms with Crippen LogP contribution in [0.2, 0.25) is 0 Å². The minimum atomic E-state index is -0.520. The Bertz CT molecular complexity index is 523. The number of ether oxygens (including phenoxy) is 1. The van der Waals surface area contributed by atoms with Gasteiger partial charge >= 0.3 is 5.97 Å². The van der Waals surface area contributed by atoms with Crippen molar-refractivity contribution >= 4 is 17.6 Å². The van der Waals surface area contributed by atoms with Gasteiger partial charge in [-0.05, 0) is 26.7 Å². The zero-order chi connectivity index (χ0) is 16.2. The molecule has 0 saturated heterocycles. The molecule has 0 bridgehead atoms. The van der Waals surface area contributed by atoms with Crippen molar-refractivity contribution in [3.05, 3.63) is 11.4 Å². The molecule has 1 unspecified atom stereocenters. The lowest BCUT2D eigenvalue weighted by Gasteiger charge is -2.17. The van der Waals surface area contributed by atoms with Gasteiger partial charge in [-0.3, -0.25) is 14.3 Å². The smallest absolute Gasteiger partial charge is 0.328 e. The summed E-state index contributed by atoms with van der Waals surface area (Å²) >= 11 is 0. The van der Waals surface area contributed by atoms with Crippen LogP contribution in [0.15, 0.2) is 0 Å². The number of rotatable bonds is 6. The van der Waals surface area contributed by atoms with E-state index in [1.807, 2.05) is 20.8 Å². The second kappa shape index (κ2) is 7.10. The average Bonchev–Trinajstić information content (AvgIpc) is 2.64. The Morgan fingerprint density at radius 2 is 1.95 bits per heavy atom. The maximum atomic E-state index is 11.7. The Labute approximate surface area is 124 Å². The fourth-order valence-electron chi connectivity index (χ4n) is 1.64. The summed E-state index contributed by atoms with van der Waals surface area (Å²) < 4.78 is 6.41. The van der Waals surface area contributed by atoms with E-state index in [4.69, 9.17) is 10.5 Å². The Morgan fingerprint density at radius 1 is 1.33 bits per heavy atom. The molecule has 118 valence electrons. The van der Waals surface area contributed by atoms with Crippen LogP contribution >= 0.6 is 0 Å². The number of aromatic nitrogens is 2. The van der Waals surface area contributed by atoms with Crippen LogP contribution in [0.1, 0.15) is 32.2 Å². The molecule has 21 heavy (non-hydrogen) atoms. The van der Waals surface area contributed by atoms with Crippen molar-refractivity contribution in [1.82, 2.24) is 15.1 Å². The highest BCUT2D eigenvalue weighted by Crippen LogP contribution is 2.14. The highest BCUT2D eigenvalue weighted by Gasteiger charge is 2.15. The molecule has 7 heteroatoms. The number of carbonyl (C=O) groups is 2. The summed E-state index contributed by atoms with van der Waals surface area (Å²) in [5, 5.41) is 6.90. The number of hydrogen-bond donors (Lipinski definition) is 2. The first kappa shape index (κ1) is 17.0. The highest BCUT2D eigenvalue weighted by molar-refractivity contribution is 5.80. The van der Waals surface area contributed by atoms with Gasteiger partial charge < -0.3 is 15.8 Å². The molecule has 0 fully saturated rings. The van der Waals surface area contributed by atoms with E-state index in [1.54, 1.807) is 13.8 Å². The van der Waals surface area contributed by atoms with Crippen molar-refractivity contribution in [3.63, 3.8) is 0 Å². The maximum Gasteiger partial charge on any atom is 0.328 e. The van der Waals surface area contributed by atoms with Gasteiger partial charge in [0.2, 0.25) is 0 Å². The van der Waals surface area contributed by atoms with Gasteiger partial charge in [-0.1, -0.05) is 13.8 Å². The van der Waals surface area contributed by atoms with Crippen LogP contribution in [-0.2, 0) is 20.9 Å². The van der Waals surface area contributed by atoms with E-state index in [0.29, 0.717) is 23.0 Å². The monoisotopic (exact) mass is 296 g/mol. The summed E-state index contributed by atoms with van der Waals surface area (Å²) in [5.74, 6) is -0.507. The van der Waals surface area contributed by atoms with Crippen LogP contribution < -0.4 is 11.1 Å². The number of amides is 1. The van der Waals surface area contributed by atoms with E-state index >= 15 is 0 Å². The summed E-state index contributed by atoms with van der Waals surface area (Å²) in [6.45, 7) is 9.11. The Kier molecular flexibility index (Phi) is 5.75. The fourth-order valence-corrected chi connectivity index (χ4v) is 1.64. The summed E-state index contributed by atoms with van der Waals surface area (Å²) in [4.78, 5) is 23.3. The number of carbonyl (C=O) groups excluding carboxylic acids is 2. The van der Waals surface area contributed by atoms with Gasteiger partial charge in [0, 0.05) is 6.04 Å². The number of aryl methyl sites for hydroxylation is 1. The molecular formula is C14H24N4O3. The lowest BCUT2D eigenvalue weighted by atomic mass is 10.1. The summed E-state index contributed by atoms with van der Waals surface area (Å²) in [5.41, 5.74) is 7.73. The van der Waals surface area contributed by atoms with Crippen LogP contribution in [0.3, 0.4) is 0 Å². The molecule has 0 aliphatic heterocycles. The van der Waals surface area contributed by atoms with Crippen molar-refractivity contribution in [2.24, 2.45) is 5.92 Å². The van der Waals surface area contributed by atoms with Crippen LogP contribution in [0, 0.1) is 19.8 Å². The molecule has 1 rings (SSSR count). The molecule has 1 aromatic heterocycles. The molecule has 1 amide bonds. The number of nitrogens with one attached hydrogen (secondary N) is 1. The number of esters is 1. The topological polar surface area (TPSA) is 99.2 Å². The highest BCUT2D eigenvalue weighted by atomic mass is 16.5. The zero-order valence-corrected chi connectivity index (χ0v) is 13.3. The van der Waals surface area contributed by atoms with Crippen molar-refractivity contribution < 1.29 is 14.3 Å². The third kappa shape index (κ3) is 4.77. The van der Waals surface area contributed by atoms with Crippen molar-refractivity contribution in [1.29, 1.82) is 0 Å². The van der Waals surface area contributed by atoms with E-state index in [2.05, 4.69) is 10.4 Å². The van der Waals surface area contributed by atoms with E-state index in [0.717, 1.165) is 0 Å². The van der Waals surface area contributed by atoms with E-state index in [9.17, 15) is 9.59 Å². The average molecular weight is 296 g/mol. The normalized spacial score (nSPS) is 12.3. The molecule has 0 saturated carbocycles. The predicted octanol–water partition coefficient (Wildman–Crippen LogP) is 0.786. The molecule has 0 spiro atoms. The van der Waals surface area contributed by atoms with Gasteiger partial charge in [-0.25, -0.2) is 0 Å². The Balaban J connectivity index is 2.44. The molecule has 7 nitrogen and oxygen atoms in total. The SMILES string of the molecule is Cc1nn(CC(=O)OCC(=O)NC(C)C(C)C)c(C)c1N. The fraction of sp³-hybridized carbons (Fsp3) is 0.643. The van der Waals surface area contributed by atoms with Gasteiger partial charge in [-0.2, -0.15) is 5.10 Å². The second-order valence-electron chi connectivity index (χ2n) is 5.50. The second-order valence-corrected chi connectivity index (χ2v) is 5.50. The third-order valence-electron chi connectivity index (χ3n) is 3.47. The van der Waals surface area contributed by atoms with E-state index in [1.165, 1.54) is 4.68 Å². The van der Waals surface area contributed by atoms with Crippen molar-refractivity contribution in [2.45, 2.75) is 47.2 Å². The predicted molar refractivity (Wildman–Crippen MR) is 79.5 cm³/mol. The number of nitrogens with zero attached hydrogens (tertiary/aromatic N) is 2. The van der Waals surface area contributed by atoms with Crippen LogP contribution in [0.5, 0.6) is 0 Å². The number of anilines is 1. The maximum absolute atomic E-state index is 11.7. The zero-order valence-electron chi connectivity index (χ0n) is 13.3. The van der Waals surface area contributed by atoms with E-state index < -0.39 is 5.97 Å². The first-order valence-electron chi connectivity index (χ1n) is 6.96. The van der Waals surface area contributed by atoms with E-state index in [-0.39, 0.29) is 25.1 Å². The molecule has 0 aliphatic carbocycles. The van der Waals surface area contributed by atoms with Crippen molar-refractivity contribution in [3.8, 4) is 0 Å². The standard InChI is InChI=1S/C14H24N4O3/c1-8(2)9(3)16-12(19)7-21-13(20)6-18-11(5)14(15)10(4)17-18/h8-9H,6-7,15H2,1-5H3,(H,16,19). The first-order chi connectivity index (χ1) is 9.72. The first-order valence-corrected chi connectivity index (χ1v) is 6.96. The summed E-state index contributed by atoms with van der Waals surface area (Å²) in [7, 11) is 0. The molecule has 1 atom stereocenters. The molecule has 0 radical (unpaired) electrons.